The van der Waals surface area contributed by atoms with Crippen LogP contribution in [0.3, 0.4) is 0 Å². The topological polar surface area (TPSA) is 22.1 Å². The lowest BCUT2D eigenvalue weighted by atomic mass is 10.3. The van der Waals surface area contributed by atoms with Crippen LogP contribution >= 0.6 is 9.24 Å². The molecule has 0 aliphatic rings. The van der Waals surface area contributed by atoms with E-state index in [1.165, 1.54) is 5.56 Å². The van der Waals surface area contributed by atoms with Crippen molar-refractivity contribution in [3.8, 4) is 5.88 Å². The molecule has 54 valence electrons. The molecule has 0 amide bonds. The van der Waals surface area contributed by atoms with Crippen molar-refractivity contribution in [2.75, 3.05) is 7.11 Å². The van der Waals surface area contributed by atoms with E-state index in [9.17, 15) is 0 Å². The minimum absolute atomic E-state index is 0.681. The summed E-state index contributed by atoms with van der Waals surface area (Å²) < 4.78 is 4.94. The van der Waals surface area contributed by atoms with E-state index >= 15 is 0 Å². The first kappa shape index (κ1) is 7.49. The highest BCUT2D eigenvalue weighted by atomic mass is 31.0. The summed E-state index contributed by atoms with van der Waals surface area (Å²) in [5.74, 6) is 0.681. The first-order valence-electron chi connectivity index (χ1n) is 3.06. The fourth-order valence-corrected chi connectivity index (χ4v) is 0.943. The second-order valence-corrected chi connectivity index (χ2v) is 2.32. The Bertz CT molecular complexity index is 195. The average Bonchev–Trinajstić information content (AvgIpc) is 2.05. The van der Waals surface area contributed by atoms with Gasteiger partial charge in [0, 0.05) is 12.3 Å². The molecule has 0 radical (unpaired) electrons. The molecule has 1 atom stereocenters. The molecule has 0 aliphatic heterocycles. The van der Waals surface area contributed by atoms with Crippen molar-refractivity contribution in [1.82, 2.24) is 4.98 Å². The van der Waals surface area contributed by atoms with Gasteiger partial charge in [-0.1, -0.05) is 0 Å². The third-order valence-electron chi connectivity index (χ3n) is 1.24. The van der Waals surface area contributed by atoms with Gasteiger partial charge < -0.3 is 4.74 Å². The standard InChI is InChI=1S/C7H10NOP/c1-9-7-4-6(5-10)2-3-8-7/h2-4H,5,10H2,1H3. The molecule has 0 aromatic carbocycles. The Morgan fingerprint density at radius 1 is 1.70 bits per heavy atom. The number of methoxy groups -OCH3 is 1. The van der Waals surface area contributed by atoms with Crippen LogP contribution in [0, 0.1) is 0 Å². The minimum Gasteiger partial charge on any atom is -0.481 e. The first-order chi connectivity index (χ1) is 4.86. The van der Waals surface area contributed by atoms with Crippen molar-refractivity contribution in [2.24, 2.45) is 0 Å². The van der Waals surface area contributed by atoms with Crippen LogP contribution in [0.4, 0.5) is 0 Å². The van der Waals surface area contributed by atoms with Gasteiger partial charge in [-0.15, -0.1) is 9.24 Å². The van der Waals surface area contributed by atoms with E-state index in [1.54, 1.807) is 13.3 Å². The van der Waals surface area contributed by atoms with Crippen LogP contribution < -0.4 is 4.74 Å². The first-order valence-corrected chi connectivity index (χ1v) is 3.87. The van der Waals surface area contributed by atoms with Crippen LogP contribution in [-0.2, 0) is 6.16 Å². The number of hydrogen-bond acceptors (Lipinski definition) is 2. The van der Waals surface area contributed by atoms with Gasteiger partial charge in [0.05, 0.1) is 7.11 Å². The molecular formula is C7H10NOP. The minimum atomic E-state index is 0.681. The number of aromatic nitrogens is 1. The molecule has 0 aliphatic carbocycles. The molecule has 0 N–H and O–H groups in total. The van der Waals surface area contributed by atoms with E-state index in [0.29, 0.717) is 5.88 Å². The summed E-state index contributed by atoms with van der Waals surface area (Å²) in [5, 5.41) is 0. The summed E-state index contributed by atoms with van der Waals surface area (Å²) in [4.78, 5) is 3.97. The lowest BCUT2D eigenvalue weighted by Crippen LogP contribution is -1.87. The van der Waals surface area contributed by atoms with Gasteiger partial charge in [-0.3, -0.25) is 0 Å². The molecule has 2 nitrogen and oxygen atoms in total. The maximum atomic E-state index is 4.94. The van der Waals surface area contributed by atoms with Crippen LogP contribution in [0.25, 0.3) is 0 Å². The lowest BCUT2D eigenvalue weighted by Gasteiger charge is -1.98. The Kier molecular flexibility index (Phi) is 2.64. The van der Waals surface area contributed by atoms with Crippen molar-refractivity contribution in [1.29, 1.82) is 0 Å². The number of pyridine rings is 1. The maximum Gasteiger partial charge on any atom is 0.213 e. The van der Waals surface area contributed by atoms with Crippen LogP contribution in [0.15, 0.2) is 18.3 Å². The van der Waals surface area contributed by atoms with E-state index in [4.69, 9.17) is 4.74 Å². The van der Waals surface area contributed by atoms with Gasteiger partial charge in [-0.25, -0.2) is 4.98 Å². The van der Waals surface area contributed by atoms with Crippen LogP contribution in [0.2, 0.25) is 0 Å². The van der Waals surface area contributed by atoms with Crippen LogP contribution in [-0.4, -0.2) is 12.1 Å². The number of rotatable bonds is 2. The molecule has 1 rings (SSSR count). The molecular weight excluding hydrogens is 145 g/mol. The SMILES string of the molecule is COc1cc(CP)ccn1. The van der Waals surface area contributed by atoms with Crippen LogP contribution in [0.5, 0.6) is 5.88 Å². The highest BCUT2D eigenvalue weighted by Crippen LogP contribution is 2.10. The predicted molar refractivity (Wildman–Crippen MR) is 44.2 cm³/mol. The van der Waals surface area contributed by atoms with Crippen molar-refractivity contribution in [2.45, 2.75) is 6.16 Å². The smallest absolute Gasteiger partial charge is 0.213 e. The second kappa shape index (κ2) is 3.52. The third-order valence-corrected chi connectivity index (χ3v) is 1.72. The van der Waals surface area contributed by atoms with E-state index in [2.05, 4.69) is 14.2 Å². The van der Waals surface area contributed by atoms with Gasteiger partial charge in [-0.2, -0.15) is 0 Å². The second-order valence-electron chi connectivity index (χ2n) is 1.91. The zero-order valence-electron chi connectivity index (χ0n) is 5.87. The number of ether oxygens (including phenoxy) is 1. The van der Waals surface area contributed by atoms with E-state index in [-0.39, 0.29) is 0 Å². The predicted octanol–water partition coefficient (Wildman–Crippen LogP) is 1.47. The fraction of sp³-hybridized carbons (Fsp3) is 0.286. The normalized spacial score (nSPS) is 9.40. The van der Waals surface area contributed by atoms with Crippen LogP contribution in [0.1, 0.15) is 5.56 Å². The summed E-state index contributed by atoms with van der Waals surface area (Å²) in [6.07, 6.45) is 2.69. The Balaban J connectivity index is 2.87. The van der Waals surface area contributed by atoms with Gasteiger partial charge in [0.25, 0.3) is 0 Å². The van der Waals surface area contributed by atoms with Crippen molar-refractivity contribution < 1.29 is 4.74 Å². The fourth-order valence-electron chi connectivity index (χ4n) is 0.689. The van der Waals surface area contributed by atoms with Crippen molar-refractivity contribution >= 4 is 9.24 Å². The molecule has 1 aromatic heterocycles. The summed E-state index contributed by atoms with van der Waals surface area (Å²) in [6.45, 7) is 0. The van der Waals surface area contributed by atoms with E-state index in [1.807, 2.05) is 12.1 Å². The molecule has 1 unspecified atom stereocenters. The molecule has 0 saturated carbocycles. The number of hydrogen-bond donors (Lipinski definition) is 0. The van der Waals surface area contributed by atoms with Crippen molar-refractivity contribution in [3.63, 3.8) is 0 Å². The van der Waals surface area contributed by atoms with Gasteiger partial charge >= 0.3 is 0 Å². The molecule has 0 bridgehead atoms. The van der Waals surface area contributed by atoms with Crippen molar-refractivity contribution in [3.05, 3.63) is 23.9 Å². The summed E-state index contributed by atoms with van der Waals surface area (Å²) >= 11 is 0. The summed E-state index contributed by atoms with van der Waals surface area (Å²) in [5.41, 5.74) is 1.22. The van der Waals surface area contributed by atoms with Gasteiger partial charge in [0.15, 0.2) is 0 Å². The zero-order chi connectivity index (χ0) is 7.40. The highest BCUT2D eigenvalue weighted by Gasteiger charge is 1.92. The van der Waals surface area contributed by atoms with Gasteiger partial charge in [0.1, 0.15) is 0 Å². The highest BCUT2D eigenvalue weighted by molar-refractivity contribution is 7.15. The molecule has 0 saturated heterocycles. The van der Waals surface area contributed by atoms with Gasteiger partial charge in [-0.05, 0) is 17.8 Å². The Morgan fingerprint density at radius 2 is 2.50 bits per heavy atom. The Hall–Kier alpha value is -0.620. The van der Waals surface area contributed by atoms with E-state index < -0.39 is 0 Å². The monoisotopic (exact) mass is 155 g/mol. The third kappa shape index (κ3) is 1.68. The summed E-state index contributed by atoms with van der Waals surface area (Å²) in [7, 11) is 4.27. The molecule has 10 heavy (non-hydrogen) atoms. The van der Waals surface area contributed by atoms with Gasteiger partial charge in [0.2, 0.25) is 5.88 Å². The number of nitrogens with zero attached hydrogens (tertiary/aromatic N) is 1. The lowest BCUT2D eigenvalue weighted by molar-refractivity contribution is 0.397. The molecule has 1 heterocycles. The molecule has 1 aromatic rings. The average molecular weight is 155 g/mol. The largest absolute Gasteiger partial charge is 0.481 e. The molecule has 0 fully saturated rings. The summed E-state index contributed by atoms with van der Waals surface area (Å²) in [6, 6.07) is 3.89. The Labute approximate surface area is 62.8 Å². The maximum absolute atomic E-state index is 4.94. The quantitative estimate of drug-likeness (QED) is 0.603. The zero-order valence-corrected chi connectivity index (χ0v) is 7.03. The Morgan fingerprint density at radius 3 is 3.10 bits per heavy atom. The van der Waals surface area contributed by atoms with E-state index in [0.717, 1.165) is 6.16 Å². The molecule has 3 heteroatoms. The molecule has 0 spiro atoms.